The normalized spacial score (nSPS) is 34.2. The molecule has 0 saturated carbocycles. The van der Waals surface area contributed by atoms with E-state index in [0.29, 0.717) is 11.1 Å². The molecule has 2 atom stereocenters. The van der Waals surface area contributed by atoms with E-state index in [1.807, 2.05) is 36.4 Å². The minimum absolute atomic E-state index is 0.709. The van der Waals surface area contributed by atoms with Gasteiger partial charge in [0.05, 0.1) is 0 Å². The molecule has 1 fully saturated rings. The lowest BCUT2D eigenvalue weighted by atomic mass is 9.96. The fourth-order valence-corrected chi connectivity index (χ4v) is 2.98. The number of benzene rings is 2. The van der Waals surface area contributed by atoms with Crippen LogP contribution < -0.4 is 0 Å². The first-order chi connectivity index (χ1) is 8.12. The van der Waals surface area contributed by atoms with E-state index in [2.05, 4.69) is 0 Å². The molecular formula is C12H6Cl2O3. The van der Waals surface area contributed by atoms with E-state index in [4.69, 9.17) is 37.7 Å². The van der Waals surface area contributed by atoms with Gasteiger partial charge in [-0.15, -0.1) is 0 Å². The van der Waals surface area contributed by atoms with E-state index in [9.17, 15) is 0 Å². The van der Waals surface area contributed by atoms with Crippen molar-refractivity contribution in [2.24, 2.45) is 0 Å². The molecule has 0 spiro atoms. The van der Waals surface area contributed by atoms with E-state index in [1.165, 1.54) is 0 Å². The standard InChI is InChI=1S/C12H6Cl2O3/c13-11-8-5-1-3-7-4-2-6-9(10(7)8)12(14,15-11)17-16-11/h1-6H. The highest BCUT2D eigenvalue weighted by Crippen LogP contribution is 2.57. The first kappa shape index (κ1) is 10.1. The summed E-state index contributed by atoms with van der Waals surface area (Å²) in [4.78, 5) is 10.1. The number of ether oxygens (including phenoxy) is 1. The van der Waals surface area contributed by atoms with Crippen LogP contribution >= 0.6 is 23.2 Å². The molecule has 2 heterocycles. The third kappa shape index (κ3) is 1.13. The lowest BCUT2D eigenvalue weighted by molar-refractivity contribution is -0.321. The summed E-state index contributed by atoms with van der Waals surface area (Å²) in [5.41, 5.74) is 1.42. The molecule has 86 valence electrons. The Kier molecular flexibility index (Phi) is 1.75. The average Bonchev–Trinajstić information content (AvgIpc) is 2.62. The smallest absolute Gasteiger partial charge is 0.279 e. The van der Waals surface area contributed by atoms with Gasteiger partial charge in [-0.05, 0) is 28.6 Å². The molecule has 2 aromatic rings. The fourth-order valence-electron chi connectivity index (χ4n) is 2.35. The van der Waals surface area contributed by atoms with Crippen molar-refractivity contribution < 1.29 is 14.5 Å². The number of halogens is 2. The number of alkyl halides is 2. The Morgan fingerprint density at radius 2 is 1.35 bits per heavy atom. The maximum atomic E-state index is 6.23. The number of hydrogen-bond donors (Lipinski definition) is 0. The van der Waals surface area contributed by atoms with Crippen molar-refractivity contribution in [1.82, 2.24) is 0 Å². The Labute approximate surface area is 107 Å². The predicted molar refractivity (Wildman–Crippen MR) is 62.3 cm³/mol. The molecule has 1 saturated heterocycles. The zero-order valence-corrected chi connectivity index (χ0v) is 9.96. The minimum Gasteiger partial charge on any atom is -0.279 e. The van der Waals surface area contributed by atoms with Gasteiger partial charge < -0.3 is 0 Å². The molecule has 0 N–H and O–H groups in total. The number of hydrogen-bond acceptors (Lipinski definition) is 3. The summed E-state index contributed by atoms with van der Waals surface area (Å²) in [5, 5.41) is -0.984. The van der Waals surface area contributed by atoms with Crippen LogP contribution in [-0.2, 0) is 25.0 Å². The monoisotopic (exact) mass is 268 g/mol. The summed E-state index contributed by atoms with van der Waals surface area (Å²) >= 11 is 12.5. The van der Waals surface area contributed by atoms with Crippen molar-refractivity contribution in [2.75, 3.05) is 0 Å². The van der Waals surface area contributed by atoms with E-state index >= 15 is 0 Å². The molecule has 2 unspecified atom stereocenters. The van der Waals surface area contributed by atoms with E-state index in [1.54, 1.807) is 0 Å². The van der Waals surface area contributed by atoms with Gasteiger partial charge in [0.1, 0.15) is 0 Å². The summed E-state index contributed by atoms with van der Waals surface area (Å²) in [5.74, 6) is 0. The van der Waals surface area contributed by atoms with Gasteiger partial charge in [-0.1, -0.05) is 36.4 Å². The van der Waals surface area contributed by atoms with Gasteiger partial charge in [-0.25, -0.2) is 0 Å². The molecule has 5 heteroatoms. The van der Waals surface area contributed by atoms with Crippen molar-refractivity contribution in [3.05, 3.63) is 47.5 Å². The maximum Gasteiger partial charge on any atom is 0.309 e. The summed E-state index contributed by atoms with van der Waals surface area (Å²) in [7, 11) is 0. The van der Waals surface area contributed by atoms with Crippen LogP contribution in [0.25, 0.3) is 10.8 Å². The van der Waals surface area contributed by atoms with Crippen LogP contribution in [0.2, 0.25) is 0 Å². The summed E-state index contributed by atoms with van der Waals surface area (Å²) in [6.45, 7) is 0. The lowest BCUT2D eigenvalue weighted by Gasteiger charge is -2.29. The maximum absolute atomic E-state index is 6.23. The van der Waals surface area contributed by atoms with Crippen LogP contribution in [0.15, 0.2) is 36.4 Å². The Hall–Kier alpha value is -0.840. The van der Waals surface area contributed by atoms with Crippen molar-refractivity contribution >= 4 is 34.0 Å². The SMILES string of the molecule is ClC12OOC(Cl)(O1)c1cccc3cccc2c13. The van der Waals surface area contributed by atoms with E-state index in [0.717, 1.165) is 10.8 Å². The van der Waals surface area contributed by atoms with Gasteiger partial charge in [-0.2, -0.15) is 9.78 Å². The molecule has 0 amide bonds. The topological polar surface area (TPSA) is 27.7 Å². The fraction of sp³-hybridized carbons (Fsp3) is 0.167. The number of rotatable bonds is 0. The van der Waals surface area contributed by atoms with Gasteiger partial charge in [0, 0.05) is 16.5 Å². The minimum atomic E-state index is -1.46. The average molecular weight is 269 g/mol. The molecule has 0 aromatic heterocycles. The second-order valence-corrected chi connectivity index (χ2v) is 5.05. The molecule has 2 aliphatic heterocycles. The molecule has 2 aliphatic rings. The first-order valence-corrected chi connectivity index (χ1v) is 5.86. The second-order valence-electron chi connectivity index (χ2n) is 4.05. The van der Waals surface area contributed by atoms with Crippen LogP contribution in [0.4, 0.5) is 0 Å². The van der Waals surface area contributed by atoms with Gasteiger partial charge in [0.15, 0.2) is 0 Å². The highest BCUT2D eigenvalue weighted by atomic mass is 35.5. The zero-order valence-electron chi connectivity index (χ0n) is 8.44. The third-order valence-electron chi connectivity index (χ3n) is 3.07. The van der Waals surface area contributed by atoms with Crippen LogP contribution in [0.1, 0.15) is 11.1 Å². The summed E-state index contributed by atoms with van der Waals surface area (Å²) in [6, 6.07) is 11.4. The molecule has 0 radical (unpaired) electrons. The van der Waals surface area contributed by atoms with E-state index < -0.39 is 10.5 Å². The Morgan fingerprint density at radius 1 is 0.824 bits per heavy atom. The predicted octanol–water partition coefficient (Wildman–Crippen LogP) is 3.53. The highest BCUT2D eigenvalue weighted by molar-refractivity contribution is 6.27. The molecule has 2 aromatic carbocycles. The van der Waals surface area contributed by atoms with Crippen LogP contribution in [0, 0.1) is 0 Å². The quantitative estimate of drug-likeness (QED) is 0.541. The van der Waals surface area contributed by atoms with Gasteiger partial charge in [-0.3, -0.25) is 4.74 Å². The zero-order chi connectivity index (χ0) is 11.7. The van der Waals surface area contributed by atoms with Gasteiger partial charge in [0.2, 0.25) is 0 Å². The van der Waals surface area contributed by atoms with Gasteiger partial charge in [0.25, 0.3) is 0 Å². The molecule has 4 rings (SSSR count). The van der Waals surface area contributed by atoms with Crippen molar-refractivity contribution in [2.45, 2.75) is 10.5 Å². The third-order valence-corrected chi connectivity index (χ3v) is 3.75. The van der Waals surface area contributed by atoms with Crippen molar-refractivity contribution in [3.8, 4) is 0 Å². The van der Waals surface area contributed by atoms with Crippen molar-refractivity contribution in [3.63, 3.8) is 0 Å². The van der Waals surface area contributed by atoms with E-state index in [-0.39, 0.29) is 0 Å². The summed E-state index contributed by atoms with van der Waals surface area (Å²) in [6.07, 6.45) is 0. The largest absolute Gasteiger partial charge is 0.309 e. The van der Waals surface area contributed by atoms with Crippen LogP contribution in [0.3, 0.4) is 0 Å². The van der Waals surface area contributed by atoms with Crippen LogP contribution in [-0.4, -0.2) is 0 Å². The Bertz CT molecular complexity index is 594. The van der Waals surface area contributed by atoms with Crippen molar-refractivity contribution in [1.29, 1.82) is 0 Å². The van der Waals surface area contributed by atoms with Crippen LogP contribution in [0.5, 0.6) is 0 Å². The molecule has 0 aliphatic carbocycles. The molecule has 17 heavy (non-hydrogen) atoms. The Morgan fingerprint density at radius 3 is 1.88 bits per heavy atom. The molecule has 3 nitrogen and oxygen atoms in total. The highest BCUT2D eigenvalue weighted by Gasteiger charge is 2.58. The first-order valence-electron chi connectivity index (χ1n) is 5.10. The lowest BCUT2D eigenvalue weighted by Crippen LogP contribution is -2.30. The summed E-state index contributed by atoms with van der Waals surface area (Å²) < 4.78 is 5.48. The number of fused-ring (bicyclic) bond motifs is 4. The molecule has 2 bridgehead atoms. The second kappa shape index (κ2) is 2.94. The molecular weight excluding hydrogens is 263 g/mol. The Balaban J connectivity index is 2.23. The van der Waals surface area contributed by atoms with Gasteiger partial charge >= 0.3 is 10.5 Å².